The van der Waals surface area contributed by atoms with Gasteiger partial charge in [0.2, 0.25) is 5.90 Å². The highest BCUT2D eigenvalue weighted by Crippen LogP contribution is 2.19. The normalized spacial score (nSPS) is 10.7. The molecule has 0 heterocycles. The van der Waals surface area contributed by atoms with Crippen LogP contribution in [-0.2, 0) is 4.74 Å². The third kappa shape index (κ3) is 10.8. The predicted octanol–water partition coefficient (Wildman–Crippen LogP) is 3.07. The molecule has 0 spiro atoms. The standard InChI is InChI=1S/C10H14N2O.C6H14O2.C2H6/c1-8-3-5-9(6-4-8)10(11)13-7-12-2;1-5(2,7)6(3,4)8;1-2/h3-6,11-12H,7H2,1-2H3;7-8H,1-4H3;1-2H3. The third-order valence-electron chi connectivity index (χ3n) is 3.17. The quantitative estimate of drug-likeness (QED) is 0.389. The van der Waals surface area contributed by atoms with E-state index < -0.39 is 11.2 Å². The highest BCUT2D eigenvalue weighted by molar-refractivity contribution is 5.91. The lowest BCUT2D eigenvalue weighted by Crippen LogP contribution is -2.44. The Hall–Kier alpha value is -1.43. The minimum atomic E-state index is -1.01. The van der Waals surface area contributed by atoms with Crippen LogP contribution in [0.3, 0.4) is 0 Å². The molecule has 0 fully saturated rings. The van der Waals surface area contributed by atoms with Crippen molar-refractivity contribution in [3.63, 3.8) is 0 Å². The summed E-state index contributed by atoms with van der Waals surface area (Å²) in [6.45, 7) is 12.7. The van der Waals surface area contributed by atoms with Crippen LogP contribution in [0.2, 0.25) is 0 Å². The number of aliphatic hydroxyl groups is 2. The molecule has 0 bridgehead atoms. The van der Waals surface area contributed by atoms with Crippen molar-refractivity contribution in [1.29, 1.82) is 5.41 Å². The topological polar surface area (TPSA) is 85.6 Å². The zero-order valence-electron chi connectivity index (χ0n) is 15.8. The van der Waals surface area contributed by atoms with Crippen LogP contribution in [-0.4, -0.2) is 41.1 Å². The molecule has 0 aliphatic rings. The molecule has 134 valence electrons. The van der Waals surface area contributed by atoms with E-state index in [0.717, 1.165) is 5.56 Å². The van der Waals surface area contributed by atoms with E-state index in [-0.39, 0.29) is 5.90 Å². The van der Waals surface area contributed by atoms with Crippen molar-refractivity contribution < 1.29 is 14.9 Å². The number of ether oxygens (including phenoxy) is 1. The Labute approximate surface area is 141 Å². The van der Waals surface area contributed by atoms with Crippen molar-refractivity contribution in [2.45, 2.75) is 59.7 Å². The van der Waals surface area contributed by atoms with Crippen LogP contribution in [0, 0.1) is 12.3 Å². The van der Waals surface area contributed by atoms with Crippen LogP contribution in [0.25, 0.3) is 0 Å². The van der Waals surface area contributed by atoms with Gasteiger partial charge in [-0.3, -0.25) is 10.7 Å². The highest BCUT2D eigenvalue weighted by atomic mass is 16.5. The average molecular weight is 326 g/mol. The lowest BCUT2D eigenvalue weighted by Gasteiger charge is -2.31. The molecule has 0 radical (unpaired) electrons. The minimum absolute atomic E-state index is 0.203. The van der Waals surface area contributed by atoms with Crippen LogP contribution in [0.15, 0.2) is 24.3 Å². The van der Waals surface area contributed by atoms with E-state index in [9.17, 15) is 0 Å². The van der Waals surface area contributed by atoms with Crippen LogP contribution in [0.4, 0.5) is 0 Å². The van der Waals surface area contributed by atoms with E-state index in [2.05, 4.69) is 5.32 Å². The second-order valence-electron chi connectivity index (χ2n) is 5.96. The van der Waals surface area contributed by atoms with Crippen molar-refractivity contribution in [3.8, 4) is 0 Å². The number of hydrogen-bond acceptors (Lipinski definition) is 5. The maximum atomic E-state index is 9.10. The molecule has 5 nitrogen and oxygen atoms in total. The molecule has 0 amide bonds. The van der Waals surface area contributed by atoms with E-state index in [4.69, 9.17) is 20.4 Å². The summed E-state index contributed by atoms with van der Waals surface area (Å²) in [5.41, 5.74) is -0.0222. The van der Waals surface area contributed by atoms with E-state index in [1.807, 2.05) is 45.0 Å². The Morgan fingerprint density at radius 3 is 1.74 bits per heavy atom. The highest BCUT2D eigenvalue weighted by Gasteiger charge is 2.31. The molecule has 1 aromatic rings. The monoisotopic (exact) mass is 326 g/mol. The largest absolute Gasteiger partial charge is 0.462 e. The second kappa shape index (κ2) is 11.2. The Balaban J connectivity index is 0. The van der Waals surface area contributed by atoms with Gasteiger partial charge in [-0.2, -0.15) is 0 Å². The predicted molar refractivity (Wildman–Crippen MR) is 97.0 cm³/mol. The lowest BCUT2D eigenvalue weighted by molar-refractivity contribution is -0.107. The fourth-order valence-corrected chi connectivity index (χ4v) is 0.933. The Morgan fingerprint density at radius 1 is 1.04 bits per heavy atom. The van der Waals surface area contributed by atoms with Crippen molar-refractivity contribution in [2.24, 2.45) is 0 Å². The SMILES string of the molecule is CC.CC(C)(O)C(C)(C)O.CNCOC(=N)c1ccc(C)cc1. The molecule has 0 unspecified atom stereocenters. The molecule has 23 heavy (non-hydrogen) atoms. The van der Waals surface area contributed by atoms with Gasteiger partial charge in [0.15, 0.2) is 0 Å². The average Bonchev–Trinajstić information content (AvgIpc) is 2.46. The number of benzene rings is 1. The van der Waals surface area contributed by atoms with Gasteiger partial charge in [0.05, 0.1) is 11.2 Å². The molecule has 0 atom stereocenters. The summed E-state index contributed by atoms with van der Waals surface area (Å²) in [6.07, 6.45) is 0. The van der Waals surface area contributed by atoms with Gasteiger partial charge in [0.1, 0.15) is 6.73 Å². The van der Waals surface area contributed by atoms with Gasteiger partial charge < -0.3 is 14.9 Å². The summed E-state index contributed by atoms with van der Waals surface area (Å²) in [5, 5.41) is 28.6. The van der Waals surface area contributed by atoms with Crippen molar-refractivity contribution in [2.75, 3.05) is 13.8 Å². The molecular weight excluding hydrogens is 292 g/mol. The van der Waals surface area contributed by atoms with Gasteiger partial charge in [-0.15, -0.1) is 0 Å². The summed E-state index contributed by atoms with van der Waals surface area (Å²) in [6, 6.07) is 7.69. The lowest BCUT2D eigenvalue weighted by atomic mass is 9.90. The zero-order chi connectivity index (χ0) is 18.7. The van der Waals surface area contributed by atoms with E-state index in [1.165, 1.54) is 5.56 Å². The van der Waals surface area contributed by atoms with Crippen LogP contribution >= 0.6 is 0 Å². The summed E-state index contributed by atoms with van der Waals surface area (Å²) in [7, 11) is 1.78. The minimum Gasteiger partial charge on any atom is -0.462 e. The number of nitrogens with one attached hydrogen (secondary N) is 2. The van der Waals surface area contributed by atoms with Gasteiger partial charge in [0, 0.05) is 5.56 Å². The van der Waals surface area contributed by atoms with E-state index >= 15 is 0 Å². The Morgan fingerprint density at radius 2 is 1.43 bits per heavy atom. The first-order valence-electron chi connectivity index (χ1n) is 7.86. The number of aryl methyl sites for hydroxylation is 1. The molecule has 0 aromatic heterocycles. The summed E-state index contributed by atoms with van der Waals surface area (Å²) in [5.74, 6) is 0.203. The molecule has 5 heteroatoms. The van der Waals surface area contributed by atoms with Crippen LogP contribution in [0.5, 0.6) is 0 Å². The Bertz CT molecular complexity index is 417. The van der Waals surface area contributed by atoms with Gasteiger partial charge in [-0.05, 0) is 53.8 Å². The van der Waals surface area contributed by atoms with Gasteiger partial charge in [-0.25, -0.2) is 0 Å². The molecular formula is C18H34N2O3. The molecule has 0 saturated carbocycles. The van der Waals surface area contributed by atoms with Crippen molar-refractivity contribution >= 4 is 5.90 Å². The summed E-state index contributed by atoms with van der Waals surface area (Å²) in [4.78, 5) is 0. The van der Waals surface area contributed by atoms with E-state index in [1.54, 1.807) is 34.7 Å². The second-order valence-corrected chi connectivity index (χ2v) is 5.96. The Kier molecular flexibility index (Phi) is 11.6. The first-order chi connectivity index (χ1) is 10.5. The first kappa shape index (κ1) is 23.8. The van der Waals surface area contributed by atoms with Gasteiger partial charge in [0.25, 0.3) is 0 Å². The van der Waals surface area contributed by atoms with Crippen molar-refractivity contribution in [3.05, 3.63) is 35.4 Å². The molecule has 0 aliphatic heterocycles. The maximum Gasteiger partial charge on any atom is 0.214 e. The number of hydrogen-bond donors (Lipinski definition) is 4. The molecule has 0 saturated heterocycles. The number of rotatable bonds is 4. The van der Waals surface area contributed by atoms with Gasteiger partial charge in [-0.1, -0.05) is 31.5 Å². The third-order valence-corrected chi connectivity index (χ3v) is 3.17. The smallest absolute Gasteiger partial charge is 0.214 e. The first-order valence-corrected chi connectivity index (χ1v) is 7.86. The maximum absolute atomic E-state index is 9.10. The fraction of sp³-hybridized carbons (Fsp3) is 0.611. The summed E-state index contributed by atoms with van der Waals surface area (Å²) >= 11 is 0. The fourth-order valence-electron chi connectivity index (χ4n) is 0.933. The molecule has 0 aliphatic carbocycles. The zero-order valence-corrected chi connectivity index (χ0v) is 15.8. The van der Waals surface area contributed by atoms with Crippen LogP contribution in [0.1, 0.15) is 52.7 Å². The molecule has 1 aromatic carbocycles. The van der Waals surface area contributed by atoms with Gasteiger partial charge >= 0.3 is 0 Å². The molecule has 4 N–H and O–H groups in total. The van der Waals surface area contributed by atoms with Crippen LogP contribution < -0.4 is 5.32 Å². The molecule has 1 rings (SSSR count). The summed E-state index contributed by atoms with van der Waals surface area (Å²) < 4.78 is 5.09. The van der Waals surface area contributed by atoms with Crippen molar-refractivity contribution in [1.82, 2.24) is 5.32 Å². The van der Waals surface area contributed by atoms with E-state index in [0.29, 0.717) is 6.73 Å².